The Kier molecular flexibility index (Phi) is 3.48. The van der Waals surface area contributed by atoms with Crippen LogP contribution in [0.15, 0.2) is 11.1 Å². The minimum atomic E-state index is 0.109. The number of aryl methyl sites for hydroxylation is 3. The number of rotatable bonds is 2. The molecule has 0 aromatic carbocycles. The molecule has 5 heteroatoms. The number of aromatic nitrogens is 3. The Labute approximate surface area is 128 Å². The van der Waals surface area contributed by atoms with Crippen LogP contribution in [0.4, 0.5) is 0 Å². The predicted molar refractivity (Wildman–Crippen MR) is 85.0 cm³/mol. The number of fused-ring (bicyclic) bond motifs is 1. The second-order valence-corrected chi connectivity index (χ2v) is 8.09. The summed E-state index contributed by atoms with van der Waals surface area (Å²) in [6, 6.07) is 0. The minimum absolute atomic E-state index is 0.109. The lowest BCUT2D eigenvalue weighted by atomic mass is 9.76. The minimum Gasteiger partial charge on any atom is -0.293 e. The van der Waals surface area contributed by atoms with Crippen LogP contribution in [0.3, 0.4) is 0 Å². The standard InChI is InChI=1S/C16H21N3OS/c1-10-14(18-11(2)21-10)8-19-9-17-13-5-6-16(3,4)7-12(13)15(19)20/h9H,5-8H2,1-4H3. The lowest BCUT2D eigenvalue weighted by Gasteiger charge is -2.30. The van der Waals surface area contributed by atoms with Crippen LogP contribution in [0.25, 0.3) is 0 Å². The predicted octanol–water partition coefficient (Wildman–Crippen LogP) is 2.88. The summed E-state index contributed by atoms with van der Waals surface area (Å²) in [6.07, 6.45) is 4.52. The number of hydrogen-bond acceptors (Lipinski definition) is 4. The molecule has 0 saturated heterocycles. The molecule has 0 bridgehead atoms. The molecule has 0 fully saturated rings. The lowest BCUT2D eigenvalue weighted by Crippen LogP contribution is -2.33. The zero-order valence-electron chi connectivity index (χ0n) is 13.1. The molecule has 2 aromatic rings. The summed E-state index contributed by atoms with van der Waals surface area (Å²) in [4.78, 5) is 22.9. The molecule has 0 N–H and O–H groups in total. The average Bonchev–Trinajstić information content (AvgIpc) is 2.71. The van der Waals surface area contributed by atoms with Crippen molar-refractivity contribution in [2.75, 3.05) is 0 Å². The van der Waals surface area contributed by atoms with Gasteiger partial charge in [0.05, 0.1) is 29.3 Å². The first-order chi connectivity index (χ1) is 9.85. The van der Waals surface area contributed by atoms with E-state index in [9.17, 15) is 4.79 Å². The fraction of sp³-hybridized carbons (Fsp3) is 0.562. The first-order valence-corrected chi connectivity index (χ1v) is 8.17. The van der Waals surface area contributed by atoms with E-state index in [0.717, 1.165) is 41.2 Å². The Bertz CT molecular complexity index is 742. The van der Waals surface area contributed by atoms with Gasteiger partial charge in [-0.05, 0) is 38.5 Å². The third-order valence-electron chi connectivity index (χ3n) is 4.23. The maximum absolute atomic E-state index is 12.7. The second-order valence-electron chi connectivity index (χ2n) is 6.68. The molecule has 2 aromatic heterocycles. The summed E-state index contributed by atoms with van der Waals surface area (Å²) in [6.45, 7) is 9.02. The Morgan fingerprint density at radius 3 is 2.81 bits per heavy atom. The van der Waals surface area contributed by atoms with Gasteiger partial charge >= 0.3 is 0 Å². The fourth-order valence-electron chi connectivity index (χ4n) is 2.98. The maximum atomic E-state index is 12.7. The van der Waals surface area contributed by atoms with E-state index < -0.39 is 0 Å². The van der Waals surface area contributed by atoms with Gasteiger partial charge in [-0.2, -0.15) is 0 Å². The van der Waals surface area contributed by atoms with E-state index in [1.54, 1.807) is 22.2 Å². The van der Waals surface area contributed by atoms with Crippen molar-refractivity contribution in [3.05, 3.63) is 43.5 Å². The van der Waals surface area contributed by atoms with Gasteiger partial charge in [-0.25, -0.2) is 9.97 Å². The number of nitrogens with zero attached hydrogens (tertiary/aromatic N) is 3. The Balaban J connectivity index is 1.98. The molecule has 0 saturated carbocycles. The highest BCUT2D eigenvalue weighted by Crippen LogP contribution is 2.32. The van der Waals surface area contributed by atoms with Crippen LogP contribution in [0.5, 0.6) is 0 Å². The smallest absolute Gasteiger partial charge is 0.257 e. The van der Waals surface area contributed by atoms with E-state index in [4.69, 9.17) is 0 Å². The summed E-state index contributed by atoms with van der Waals surface area (Å²) < 4.78 is 1.71. The molecule has 1 aliphatic rings. The van der Waals surface area contributed by atoms with Crippen molar-refractivity contribution < 1.29 is 0 Å². The van der Waals surface area contributed by atoms with Crippen molar-refractivity contribution in [2.45, 2.75) is 53.5 Å². The van der Waals surface area contributed by atoms with Gasteiger partial charge in [0, 0.05) is 10.4 Å². The number of hydrogen-bond donors (Lipinski definition) is 0. The molecule has 21 heavy (non-hydrogen) atoms. The van der Waals surface area contributed by atoms with E-state index in [1.165, 1.54) is 4.88 Å². The Morgan fingerprint density at radius 2 is 2.14 bits per heavy atom. The summed E-state index contributed by atoms with van der Waals surface area (Å²) in [5.74, 6) is 0. The molecule has 0 atom stereocenters. The largest absolute Gasteiger partial charge is 0.293 e. The van der Waals surface area contributed by atoms with E-state index >= 15 is 0 Å². The summed E-state index contributed by atoms with van der Waals surface area (Å²) in [5, 5.41) is 1.04. The van der Waals surface area contributed by atoms with Crippen molar-refractivity contribution in [1.29, 1.82) is 0 Å². The van der Waals surface area contributed by atoms with Crippen molar-refractivity contribution in [3.63, 3.8) is 0 Å². The Morgan fingerprint density at radius 1 is 1.38 bits per heavy atom. The average molecular weight is 303 g/mol. The fourth-order valence-corrected chi connectivity index (χ4v) is 3.80. The van der Waals surface area contributed by atoms with Gasteiger partial charge in [0.15, 0.2) is 0 Å². The normalized spacial score (nSPS) is 16.8. The highest BCUT2D eigenvalue weighted by molar-refractivity contribution is 7.11. The first kappa shape index (κ1) is 14.4. The SMILES string of the molecule is Cc1nc(Cn2cnc3c(c2=O)CC(C)(C)CC3)c(C)s1. The first-order valence-electron chi connectivity index (χ1n) is 7.36. The molecule has 0 aliphatic heterocycles. The van der Waals surface area contributed by atoms with Gasteiger partial charge in [-0.3, -0.25) is 9.36 Å². The quantitative estimate of drug-likeness (QED) is 0.857. The molecule has 112 valence electrons. The van der Waals surface area contributed by atoms with E-state index in [2.05, 4.69) is 30.7 Å². The lowest BCUT2D eigenvalue weighted by molar-refractivity contribution is 0.308. The zero-order valence-corrected chi connectivity index (χ0v) is 13.9. The monoisotopic (exact) mass is 303 g/mol. The van der Waals surface area contributed by atoms with Crippen LogP contribution in [0, 0.1) is 19.3 Å². The molecule has 0 unspecified atom stereocenters. The van der Waals surface area contributed by atoms with Crippen molar-refractivity contribution in [1.82, 2.24) is 14.5 Å². The van der Waals surface area contributed by atoms with Gasteiger partial charge in [-0.1, -0.05) is 13.8 Å². The summed E-state index contributed by atoms with van der Waals surface area (Å²) in [7, 11) is 0. The molecule has 3 rings (SSSR count). The van der Waals surface area contributed by atoms with E-state index in [1.807, 2.05) is 6.92 Å². The van der Waals surface area contributed by atoms with E-state index in [-0.39, 0.29) is 11.0 Å². The molecule has 4 nitrogen and oxygen atoms in total. The number of thiazole rings is 1. The third-order valence-corrected chi connectivity index (χ3v) is 5.16. The molecule has 0 spiro atoms. The van der Waals surface area contributed by atoms with Crippen molar-refractivity contribution in [2.24, 2.45) is 5.41 Å². The molecule has 1 aliphatic carbocycles. The van der Waals surface area contributed by atoms with Gasteiger partial charge in [0.1, 0.15) is 0 Å². The Hall–Kier alpha value is -1.49. The van der Waals surface area contributed by atoms with Crippen LogP contribution in [-0.4, -0.2) is 14.5 Å². The summed E-state index contributed by atoms with van der Waals surface area (Å²) >= 11 is 1.68. The van der Waals surface area contributed by atoms with Gasteiger partial charge in [0.25, 0.3) is 5.56 Å². The second kappa shape index (κ2) is 5.05. The highest BCUT2D eigenvalue weighted by Gasteiger charge is 2.28. The highest BCUT2D eigenvalue weighted by atomic mass is 32.1. The molecular weight excluding hydrogens is 282 g/mol. The zero-order chi connectivity index (χ0) is 15.2. The van der Waals surface area contributed by atoms with Gasteiger partial charge in [-0.15, -0.1) is 11.3 Å². The molecular formula is C16H21N3OS. The van der Waals surface area contributed by atoms with Crippen LogP contribution in [0.1, 0.15) is 47.1 Å². The van der Waals surface area contributed by atoms with Gasteiger partial charge in [0.2, 0.25) is 0 Å². The topological polar surface area (TPSA) is 47.8 Å². The van der Waals surface area contributed by atoms with Crippen molar-refractivity contribution in [3.8, 4) is 0 Å². The van der Waals surface area contributed by atoms with Crippen molar-refractivity contribution >= 4 is 11.3 Å². The van der Waals surface area contributed by atoms with Crippen LogP contribution in [0.2, 0.25) is 0 Å². The molecule has 0 amide bonds. The molecule has 2 heterocycles. The van der Waals surface area contributed by atoms with Crippen LogP contribution < -0.4 is 5.56 Å². The molecule has 0 radical (unpaired) electrons. The van der Waals surface area contributed by atoms with E-state index in [0.29, 0.717) is 6.54 Å². The van der Waals surface area contributed by atoms with Gasteiger partial charge < -0.3 is 0 Å². The maximum Gasteiger partial charge on any atom is 0.257 e. The van der Waals surface area contributed by atoms with Crippen LogP contribution in [-0.2, 0) is 19.4 Å². The summed E-state index contributed by atoms with van der Waals surface area (Å²) in [5.41, 5.74) is 3.18. The third kappa shape index (κ3) is 2.79. The van der Waals surface area contributed by atoms with Crippen LogP contribution >= 0.6 is 11.3 Å².